The van der Waals surface area contributed by atoms with Crippen LogP contribution in [-0.2, 0) is 0 Å². The number of benzene rings is 4. The fraction of sp³-hybridized carbons (Fsp3) is 0.103. The van der Waals surface area contributed by atoms with Gasteiger partial charge in [0.15, 0.2) is 0 Å². The van der Waals surface area contributed by atoms with Crippen molar-refractivity contribution in [1.29, 1.82) is 0 Å². The van der Waals surface area contributed by atoms with Gasteiger partial charge in [-0.3, -0.25) is 0 Å². The Morgan fingerprint density at radius 1 is 0.533 bits per heavy atom. The molecule has 4 aromatic carbocycles. The molecule has 0 aliphatic heterocycles. The molecule has 0 aliphatic rings. The predicted molar refractivity (Wildman–Crippen MR) is 138 cm³/mol. The molecule has 0 aromatic heterocycles. The first-order valence-corrected chi connectivity index (χ1v) is 11.1. The highest BCUT2D eigenvalue weighted by molar-refractivity contribution is 9.10. The number of hydrogen-bond donors (Lipinski definition) is 0. The van der Waals surface area contributed by atoms with Gasteiger partial charge in [-0.15, -0.1) is 6.58 Å². The summed E-state index contributed by atoms with van der Waals surface area (Å²) in [5, 5.41) is 0. The summed E-state index contributed by atoms with van der Waals surface area (Å²) in [5.41, 5.74) is 7.37. The van der Waals surface area contributed by atoms with E-state index in [0.29, 0.717) is 0 Å². The number of halogens is 1. The third-order valence-electron chi connectivity index (χ3n) is 4.33. The lowest BCUT2D eigenvalue weighted by atomic mass is 9.97. The van der Waals surface area contributed by atoms with Crippen LogP contribution in [0.15, 0.2) is 120 Å². The van der Waals surface area contributed by atoms with Gasteiger partial charge in [0.05, 0.1) is 0 Å². The Morgan fingerprint density at radius 2 is 0.833 bits per heavy atom. The highest BCUT2D eigenvalue weighted by Gasteiger charge is 2.05. The summed E-state index contributed by atoms with van der Waals surface area (Å²) in [6.45, 7) is 9.25. The molecule has 0 spiro atoms. The van der Waals surface area contributed by atoms with Crippen LogP contribution in [0, 0.1) is 0 Å². The minimum atomic E-state index is 1.09. The van der Waals surface area contributed by atoms with Gasteiger partial charge in [-0.1, -0.05) is 121 Å². The van der Waals surface area contributed by atoms with Crippen LogP contribution in [0.3, 0.4) is 0 Å². The standard InChI is InChI=1S/C24H17Br.C3H6.C2H6/c25-24-16-22(19-9-5-2-6-10-19)15-23(17-24)21-13-11-20(12-14-21)18-7-3-1-4-8-18;1-3-2;1-2/h1-17H;3H,1H2,2H3;1-2H3. The molecule has 0 heterocycles. The molecule has 4 aromatic rings. The molecule has 0 saturated carbocycles. The summed E-state index contributed by atoms with van der Waals surface area (Å²) < 4.78 is 1.09. The molecule has 1 heteroatoms. The second-order valence-electron chi connectivity index (χ2n) is 6.45. The van der Waals surface area contributed by atoms with E-state index in [4.69, 9.17) is 0 Å². The summed E-state index contributed by atoms with van der Waals surface area (Å²) in [4.78, 5) is 0. The number of rotatable bonds is 3. The predicted octanol–water partition coefficient (Wildman–Crippen LogP) is 9.67. The molecule has 0 atom stereocenters. The lowest BCUT2D eigenvalue weighted by Crippen LogP contribution is -1.83. The van der Waals surface area contributed by atoms with Crippen LogP contribution in [0.25, 0.3) is 33.4 Å². The average molecular weight is 457 g/mol. The van der Waals surface area contributed by atoms with Crippen molar-refractivity contribution in [3.05, 3.63) is 120 Å². The second kappa shape index (κ2) is 12.6. The van der Waals surface area contributed by atoms with Gasteiger partial charge in [-0.05, 0) is 58.5 Å². The van der Waals surface area contributed by atoms with E-state index in [0.717, 1.165) is 4.47 Å². The molecule has 4 rings (SSSR count). The number of hydrogen-bond acceptors (Lipinski definition) is 0. The Bertz CT molecular complexity index is 1020. The summed E-state index contributed by atoms with van der Waals surface area (Å²) in [7, 11) is 0. The van der Waals surface area contributed by atoms with Crippen LogP contribution in [0.2, 0.25) is 0 Å². The Hall–Kier alpha value is -2.90. The maximum atomic E-state index is 3.66. The molecular weight excluding hydrogens is 428 g/mol. The lowest BCUT2D eigenvalue weighted by Gasteiger charge is -2.09. The van der Waals surface area contributed by atoms with E-state index in [2.05, 4.69) is 114 Å². The van der Waals surface area contributed by atoms with E-state index < -0.39 is 0 Å². The van der Waals surface area contributed by atoms with E-state index in [1.165, 1.54) is 33.4 Å². The van der Waals surface area contributed by atoms with Gasteiger partial charge in [-0.2, -0.15) is 0 Å². The van der Waals surface area contributed by atoms with Crippen LogP contribution in [-0.4, -0.2) is 0 Å². The number of allylic oxidation sites excluding steroid dienone is 1. The molecule has 0 saturated heterocycles. The van der Waals surface area contributed by atoms with Crippen molar-refractivity contribution in [3.63, 3.8) is 0 Å². The van der Waals surface area contributed by atoms with Crippen LogP contribution in [0.4, 0.5) is 0 Å². The summed E-state index contributed by atoms with van der Waals surface area (Å²) in [6, 6.07) is 36.3. The molecule has 0 N–H and O–H groups in total. The van der Waals surface area contributed by atoms with E-state index in [-0.39, 0.29) is 0 Å². The molecule has 0 bridgehead atoms. The van der Waals surface area contributed by atoms with E-state index in [9.17, 15) is 0 Å². The van der Waals surface area contributed by atoms with Crippen molar-refractivity contribution in [2.75, 3.05) is 0 Å². The zero-order chi connectivity index (χ0) is 21.8. The van der Waals surface area contributed by atoms with Crippen LogP contribution >= 0.6 is 15.9 Å². The fourth-order valence-corrected chi connectivity index (χ4v) is 3.53. The SMILES string of the molecule is Brc1cc(-c2ccccc2)cc(-c2ccc(-c3ccccc3)cc2)c1.C=CC.CC. The van der Waals surface area contributed by atoms with Gasteiger partial charge in [0.1, 0.15) is 0 Å². The highest BCUT2D eigenvalue weighted by Crippen LogP contribution is 2.31. The molecule has 0 amide bonds. The summed E-state index contributed by atoms with van der Waals surface area (Å²) >= 11 is 3.66. The Kier molecular flexibility index (Phi) is 9.83. The largest absolute Gasteiger partial charge is 0.103 e. The van der Waals surface area contributed by atoms with Crippen molar-refractivity contribution in [2.45, 2.75) is 20.8 Å². The first kappa shape index (κ1) is 23.4. The quantitative estimate of drug-likeness (QED) is 0.269. The van der Waals surface area contributed by atoms with Crippen LogP contribution in [0.1, 0.15) is 20.8 Å². The van der Waals surface area contributed by atoms with E-state index in [1.54, 1.807) is 6.08 Å². The average Bonchev–Trinajstić information content (AvgIpc) is 2.82. The fourth-order valence-electron chi connectivity index (χ4n) is 3.04. The Labute approximate surface area is 190 Å². The zero-order valence-corrected chi connectivity index (χ0v) is 19.6. The maximum Gasteiger partial charge on any atom is 0.0187 e. The molecule has 30 heavy (non-hydrogen) atoms. The zero-order valence-electron chi connectivity index (χ0n) is 18.0. The van der Waals surface area contributed by atoms with Crippen molar-refractivity contribution in [2.24, 2.45) is 0 Å². The normalized spacial score (nSPS) is 9.47. The second-order valence-corrected chi connectivity index (χ2v) is 7.36. The molecular formula is C29H29Br. The van der Waals surface area contributed by atoms with Crippen molar-refractivity contribution in [1.82, 2.24) is 0 Å². The minimum absolute atomic E-state index is 1.09. The van der Waals surface area contributed by atoms with Crippen molar-refractivity contribution >= 4 is 15.9 Å². The molecule has 0 nitrogen and oxygen atoms in total. The van der Waals surface area contributed by atoms with Gasteiger partial charge < -0.3 is 0 Å². The molecule has 0 unspecified atom stereocenters. The van der Waals surface area contributed by atoms with Gasteiger partial charge in [-0.25, -0.2) is 0 Å². The third-order valence-corrected chi connectivity index (χ3v) is 4.79. The van der Waals surface area contributed by atoms with Crippen LogP contribution in [0.5, 0.6) is 0 Å². The first-order chi connectivity index (χ1) is 14.7. The van der Waals surface area contributed by atoms with Crippen LogP contribution < -0.4 is 0 Å². The van der Waals surface area contributed by atoms with E-state index in [1.807, 2.05) is 32.9 Å². The van der Waals surface area contributed by atoms with Gasteiger partial charge in [0.2, 0.25) is 0 Å². The summed E-state index contributed by atoms with van der Waals surface area (Å²) in [5.74, 6) is 0. The van der Waals surface area contributed by atoms with Crippen molar-refractivity contribution < 1.29 is 0 Å². The minimum Gasteiger partial charge on any atom is -0.103 e. The third kappa shape index (κ3) is 6.57. The Morgan fingerprint density at radius 3 is 1.23 bits per heavy atom. The van der Waals surface area contributed by atoms with Gasteiger partial charge in [0, 0.05) is 4.47 Å². The molecule has 0 radical (unpaired) electrons. The van der Waals surface area contributed by atoms with Gasteiger partial charge >= 0.3 is 0 Å². The topological polar surface area (TPSA) is 0 Å². The van der Waals surface area contributed by atoms with E-state index >= 15 is 0 Å². The van der Waals surface area contributed by atoms with Crippen molar-refractivity contribution in [3.8, 4) is 33.4 Å². The maximum absolute atomic E-state index is 3.66. The Balaban J connectivity index is 0.000000590. The highest BCUT2D eigenvalue weighted by atomic mass is 79.9. The lowest BCUT2D eigenvalue weighted by molar-refractivity contribution is 1.50. The molecule has 0 fully saturated rings. The molecule has 0 aliphatic carbocycles. The molecule has 152 valence electrons. The van der Waals surface area contributed by atoms with Gasteiger partial charge in [0.25, 0.3) is 0 Å². The summed E-state index contributed by atoms with van der Waals surface area (Å²) in [6.07, 6.45) is 1.75. The monoisotopic (exact) mass is 456 g/mol. The smallest absolute Gasteiger partial charge is 0.0187 e. The first-order valence-electron chi connectivity index (χ1n) is 10.3.